The molecule has 0 spiro atoms. The molecule has 1 aromatic carbocycles. The highest BCUT2D eigenvalue weighted by atomic mass is 32.2. The molecule has 1 rings (SSSR count). The van der Waals surface area contributed by atoms with Crippen molar-refractivity contribution in [3.63, 3.8) is 0 Å². The normalized spacial score (nSPS) is 11.8. The van der Waals surface area contributed by atoms with E-state index >= 15 is 0 Å². The van der Waals surface area contributed by atoms with Gasteiger partial charge in [-0.1, -0.05) is 18.2 Å². The summed E-state index contributed by atoms with van der Waals surface area (Å²) >= 11 is 1.46. The molecule has 0 aliphatic rings. The molecule has 6 heteroatoms. The Morgan fingerprint density at radius 2 is 2.00 bits per heavy atom. The van der Waals surface area contributed by atoms with E-state index in [0.717, 1.165) is 4.90 Å². The van der Waals surface area contributed by atoms with Gasteiger partial charge in [-0.3, -0.25) is 9.59 Å². The van der Waals surface area contributed by atoms with E-state index < -0.39 is 24.5 Å². The molecule has 0 saturated carbocycles. The van der Waals surface area contributed by atoms with Crippen LogP contribution < -0.4 is 11.1 Å². The summed E-state index contributed by atoms with van der Waals surface area (Å²) in [5.41, 5.74) is 5.63. The maximum atomic E-state index is 11.4. The van der Waals surface area contributed by atoms with Gasteiger partial charge in [0.1, 0.15) is 6.54 Å². The second-order valence-electron chi connectivity index (χ2n) is 3.34. The van der Waals surface area contributed by atoms with Crippen LogP contribution in [-0.4, -0.2) is 35.3 Å². The molecule has 0 aromatic heterocycles. The summed E-state index contributed by atoms with van der Waals surface area (Å²) in [4.78, 5) is 22.6. The lowest BCUT2D eigenvalue weighted by molar-refractivity contribution is -0.138. The third kappa shape index (κ3) is 5.37. The molecule has 0 unspecified atom stereocenters. The van der Waals surface area contributed by atoms with Crippen molar-refractivity contribution >= 4 is 23.6 Å². The molecule has 0 fully saturated rings. The van der Waals surface area contributed by atoms with Gasteiger partial charge in [-0.25, -0.2) is 0 Å². The van der Waals surface area contributed by atoms with Crippen LogP contribution in [0.25, 0.3) is 0 Å². The Balaban J connectivity index is 2.31. The summed E-state index contributed by atoms with van der Waals surface area (Å²) in [5, 5.41) is 10.6. The number of carboxylic acids is 1. The van der Waals surface area contributed by atoms with Crippen molar-refractivity contribution in [3.05, 3.63) is 30.3 Å². The van der Waals surface area contributed by atoms with E-state index in [1.807, 2.05) is 30.3 Å². The van der Waals surface area contributed by atoms with Crippen LogP contribution in [0.1, 0.15) is 0 Å². The number of thioether (sulfide) groups is 1. The summed E-state index contributed by atoms with van der Waals surface area (Å²) in [6.45, 7) is -0.400. The van der Waals surface area contributed by atoms with Crippen molar-refractivity contribution in [2.24, 2.45) is 5.73 Å². The standard InChI is InChI=1S/C11H14N2O3S/c12-9(11(16)13-6-10(14)15)7-17-8-4-2-1-3-5-8/h1-5,9H,6-7,12H2,(H,13,16)(H,14,15)/t9-/m0/s1. The van der Waals surface area contributed by atoms with E-state index in [9.17, 15) is 9.59 Å². The largest absolute Gasteiger partial charge is 0.480 e. The number of carbonyl (C=O) groups excluding carboxylic acids is 1. The Morgan fingerprint density at radius 1 is 1.35 bits per heavy atom. The molecular formula is C11H14N2O3S. The van der Waals surface area contributed by atoms with E-state index in [1.54, 1.807) is 0 Å². The maximum Gasteiger partial charge on any atom is 0.322 e. The van der Waals surface area contributed by atoms with Crippen molar-refractivity contribution in [1.29, 1.82) is 0 Å². The number of amides is 1. The van der Waals surface area contributed by atoms with Crippen LogP contribution in [0.15, 0.2) is 35.2 Å². The molecule has 5 nitrogen and oxygen atoms in total. The first-order valence-electron chi connectivity index (χ1n) is 5.02. The lowest BCUT2D eigenvalue weighted by Gasteiger charge is -2.10. The second-order valence-corrected chi connectivity index (χ2v) is 4.44. The molecule has 1 amide bonds. The third-order valence-electron chi connectivity index (χ3n) is 1.92. The van der Waals surface area contributed by atoms with E-state index in [1.165, 1.54) is 11.8 Å². The molecule has 0 aliphatic heterocycles. The minimum atomic E-state index is -1.08. The Labute approximate surface area is 103 Å². The smallest absolute Gasteiger partial charge is 0.322 e. The van der Waals surface area contributed by atoms with E-state index in [2.05, 4.69) is 5.32 Å². The van der Waals surface area contributed by atoms with E-state index in [-0.39, 0.29) is 0 Å². The van der Waals surface area contributed by atoms with Gasteiger partial charge in [-0.2, -0.15) is 0 Å². The molecular weight excluding hydrogens is 240 g/mol. The number of benzene rings is 1. The van der Waals surface area contributed by atoms with Crippen molar-refractivity contribution in [3.8, 4) is 0 Å². The number of nitrogens with two attached hydrogens (primary N) is 1. The quantitative estimate of drug-likeness (QED) is 0.635. The lowest BCUT2D eigenvalue weighted by Crippen LogP contribution is -2.44. The molecule has 0 radical (unpaired) electrons. The minimum Gasteiger partial charge on any atom is -0.480 e. The van der Waals surface area contributed by atoms with Crippen LogP contribution in [0.4, 0.5) is 0 Å². The number of rotatable bonds is 6. The zero-order chi connectivity index (χ0) is 12.7. The highest BCUT2D eigenvalue weighted by Gasteiger charge is 2.14. The summed E-state index contributed by atoms with van der Waals surface area (Å²) < 4.78 is 0. The van der Waals surface area contributed by atoms with Crippen LogP contribution in [0.3, 0.4) is 0 Å². The molecule has 0 saturated heterocycles. The van der Waals surface area contributed by atoms with Crippen LogP contribution in [-0.2, 0) is 9.59 Å². The van der Waals surface area contributed by atoms with Crippen molar-refractivity contribution in [1.82, 2.24) is 5.32 Å². The average molecular weight is 254 g/mol. The number of hydrogen-bond donors (Lipinski definition) is 3. The van der Waals surface area contributed by atoms with Gasteiger partial charge in [0.05, 0.1) is 6.04 Å². The monoisotopic (exact) mass is 254 g/mol. The average Bonchev–Trinajstić information content (AvgIpc) is 2.34. The fourth-order valence-corrected chi connectivity index (χ4v) is 1.95. The van der Waals surface area contributed by atoms with Crippen molar-refractivity contribution < 1.29 is 14.7 Å². The van der Waals surface area contributed by atoms with E-state index in [0.29, 0.717) is 5.75 Å². The van der Waals surface area contributed by atoms with Gasteiger partial charge in [0.15, 0.2) is 0 Å². The van der Waals surface area contributed by atoms with Gasteiger partial charge < -0.3 is 16.2 Å². The van der Waals surface area contributed by atoms with Crippen molar-refractivity contribution in [2.45, 2.75) is 10.9 Å². The molecule has 1 atom stereocenters. The van der Waals surface area contributed by atoms with Gasteiger partial charge in [0.2, 0.25) is 5.91 Å². The predicted molar refractivity (Wildman–Crippen MR) is 65.8 cm³/mol. The highest BCUT2D eigenvalue weighted by molar-refractivity contribution is 7.99. The molecule has 0 aliphatic carbocycles. The lowest BCUT2D eigenvalue weighted by atomic mass is 10.3. The molecule has 0 bridgehead atoms. The Morgan fingerprint density at radius 3 is 2.59 bits per heavy atom. The first-order chi connectivity index (χ1) is 8.09. The van der Waals surface area contributed by atoms with Gasteiger partial charge in [0, 0.05) is 10.6 Å². The van der Waals surface area contributed by atoms with Crippen LogP contribution >= 0.6 is 11.8 Å². The zero-order valence-electron chi connectivity index (χ0n) is 9.13. The first kappa shape index (κ1) is 13.5. The topological polar surface area (TPSA) is 92.4 Å². The second kappa shape index (κ2) is 6.93. The summed E-state index contributed by atoms with van der Waals surface area (Å²) in [5.74, 6) is -1.12. The van der Waals surface area contributed by atoms with E-state index in [4.69, 9.17) is 10.8 Å². The highest BCUT2D eigenvalue weighted by Crippen LogP contribution is 2.17. The van der Waals surface area contributed by atoms with Crippen molar-refractivity contribution in [2.75, 3.05) is 12.3 Å². The fourth-order valence-electron chi connectivity index (χ4n) is 1.07. The number of carboxylic acid groups (broad SMARTS) is 1. The molecule has 4 N–H and O–H groups in total. The number of aliphatic carboxylic acids is 1. The number of carbonyl (C=O) groups is 2. The van der Waals surface area contributed by atoms with Gasteiger partial charge >= 0.3 is 5.97 Å². The maximum absolute atomic E-state index is 11.4. The van der Waals surface area contributed by atoms with Gasteiger partial charge in [-0.05, 0) is 12.1 Å². The predicted octanol–water partition coefficient (Wildman–Crippen LogP) is 0.307. The van der Waals surface area contributed by atoms with Crippen LogP contribution in [0.5, 0.6) is 0 Å². The molecule has 0 heterocycles. The van der Waals surface area contributed by atoms with Gasteiger partial charge in [-0.15, -0.1) is 11.8 Å². The zero-order valence-corrected chi connectivity index (χ0v) is 9.94. The summed E-state index contributed by atoms with van der Waals surface area (Å²) in [7, 11) is 0. The number of hydrogen-bond acceptors (Lipinski definition) is 4. The van der Waals surface area contributed by atoms with Crippen LogP contribution in [0, 0.1) is 0 Å². The minimum absolute atomic E-state index is 0.400. The molecule has 17 heavy (non-hydrogen) atoms. The summed E-state index contributed by atoms with van der Waals surface area (Å²) in [6, 6.07) is 8.85. The van der Waals surface area contributed by atoms with Crippen LogP contribution in [0.2, 0.25) is 0 Å². The first-order valence-corrected chi connectivity index (χ1v) is 6.01. The summed E-state index contributed by atoms with van der Waals surface area (Å²) in [6.07, 6.45) is 0. The number of nitrogens with one attached hydrogen (secondary N) is 1. The SMILES string of the molecule is N[C@@H](CSc1ccccc1)C(=O)NCC(=O)O. The Hall–Kier alpha value is -1.53. The molecule has 92 valence electrons. The van der Waals surface area contributed by atoms with Gasteiger partial charge in [0.25, 0.3) is 0 Å². The Kier molecular flexibility index (Phi) is 5.51. The third-order valence-corrected chi connectivity index (χ3v) is 3.05. The fraction of sp³-hybridized carbons (Fsp3) is 0.273. The molecule has 1 aromatic rings. The Bertz CT molecular complexity index is 384.